The van der Waals surface area contributed by atoms with E-state index in [1.54, 1.807) is 12.3 Å². The summed E-state index contributed by atoms with van der Waals surface area (Å²) in [6, 6.07) is 4.41. The zero-order valence-electron chi connectivity index (χ0n) is 12.1. The van der Waals surface area contributed by atoms with Crippen LogP contribution in [-0.4, -0.2) is 21.5 Å². The average molecular weight is 350 g/mol. The summed E-state index contributed by atoms with van der Waals surface area (Å²) >= 11 is 7.52. The van der Waals surface area contributed by atoms with E-state index in [9.17, 15) is 9.18 Å². The minimum Gasteiger partial charge on any atom is -0.347 e. The van der Waals surface area contributed by atoms with E-state index in [0.29, 0.717) is 26.5 Å². The van der Waals surface area contributed by atoms with Crippen LogP contribution in [0.15, 0.2) is 30.6 Å². The normalized spacial score (nSPS) is 17.2. The molecule has 1 aliphatic heterocycles. The van der Waals surface area contributed by atoms with Crippen molar-refractivity contribution in [3.63, 3.8) is 0 Å². The van der Waals surface area contributed by atoms with E-state index in [0.717, 1.165) is 18.7 Å². The zero-order valence-corrected chi connectivity index (χ0v) is 13.6. The van der Waals surface area contributed by atoms with E-state index < -0.39 is 0 Å². The quantitative estimate of drug-likeness (QED) is 0.768. The molecule has 1 amide bonds. The third kappa shape index (κ3) is 2.62. The van der Waals surface area contributed by atoms with Gasteiger partial charge in [-0.2, -0.15) is 0 Å². The topological polar surface area (TPSA) is 46.9 Å². The Morgan fingerprint density at radius 2 is 2.35 bits per heavy atom. The van der Waals surface area contributed by atoms with Crippen LogP contribution in [0.3, 0.4) is 0 Å². The molecule has 3 aromatic rings. The molecular formula is C16H13ClFN3OS. The Bertz CT molecular complexity index is 904. The van der Waals surface area contributed by atoms with Crippen LogP contribution >= 0.6 is 22.9 Å². The molecule has 0 bridgehead atoms. The number of imidazole rings is 1. The largest absolute Gasteiger partial charge is 0.347 e. The molecule has 1 aromatic carbocycles. The molecular weight excluding hydrogens is 337 g/mol. The first-order valence-electron chi connectivity index (χ1n) is 7.30. The summed E-state index contributed by atoms with van der Waals surface area (Å²) in [5.74, 6) is 0.512. The predicted molar refractivity (Wildman–Crippen MR) is 88.6 cm³/mol. The van der Waals surface area contributed by atoms with Gasteiger partial charge in [-0.3, -0.25) is 4.79 Å². The van der Waals surface area contributed by atoms with Gasteiger partial charge in [0.05, 0.1) is 5.02 Å². The Labute approximate surface area is 140 Å². The van der Waals surface area contributed by atoms with Crippen molar-refractivity contribution in [2.45, 2.75) is 25.4 Å². The van der Waals surface area contributed by atoms with Crippen LogP contribution in [0.4, 0.5) is 4.39 Å². The number of carbonyl (C=O) groups excluding carboxylic acids is 1. The van der Waals surface area contributed by atoms with Gasteiger partial charge in [-0.15, -0.1) is 11.3 Å². The van der Waals surface area contributed by atoms with Crippen LogP contribution < -0.4 is 5.32 Å². The molecule has 0 fully saturated rings. The molecule has 0 unspecified atom stereocenters. The van der Waals surface area contributed by atoms with Crippen LogP contribution in [0, 0.1) is 5.82 Å². The first-order valence-corrected chi connectivity index (χ1v) is 8.49. The molecule has 3 heterocycles. The highest BCUT2D eigenvalue weighted by atomic mass is 35.5. The van der Waals surface area contributed by atoms with E-state index in [1.165, 1.54) is 23.5 Å². The Morgan fingerprint density at radius 3 is 3.22 bits per heavy atom. The molecule has 0 saturated carbocycles. The molecule has 1 atom stereocenters. The lowest BCUT2D eigenvalue weighted by Crippen LogP contribution is -2.40. The summed E-state index contributed by atoms with van der Waals surface area (Å²) in [6.45, 7) is 0.707. The highest BCUT2D eigenvalue weighted by Gasteiger charge is 2.23. The number of aromatic nitrogens is 2. The number of fused-ring (bicyclic) bond motifs is 2. The third-order valence-electron chi connectivity index (χ3n) is 4.07. The molecule has 4 rings (SSSR count). The fourth-order valence-corrected chi connectivity index (χ4v) is 4.37. The maximum atomic E-state index is 13.3. The van der Waals surface area contributed by atoms with Crippen LogP contribution in [0.5, 0.6) is 0 Å². The first-order chi connectivity index (χ1) is 11.1. The van der Waals surface area contributed by atoms with Crippen LogP contribution in [0.2, 0.25) is 5.02 Å². The number of carbonyl (C=O) groups is 1. The van der Waals surface area contributed by atoms with E-state index >= 15 is 0 Å². The molecule has 0 saturated heterocycles. The monoisotopic (exact) mass is 349 g/mol. The van der Waals surface area contributed by atoms with Gasteiger partial charge >= 0.3 is 0 Å². The minimum absolute atomic E-state index is 0.0437. The number of aryl methyl sites for hydroxylation is 1. The summed E-state index contributed by atoms with van der Waals surface area (Å²) in [5.41, 5.74) is 0. The molecule has 118 valence electrons. The van der Waals surface area contributed by atoms with Gasteiger partial charge in [0.25, 0.3) is 5.91 Å². The first kappa shape index (κ1) is 14.7. The van der Waals surface area contributed by atoms with Crippen LogP contribution in [-0.2, 0) is 13.0 Å². The summed E-state index contributed by atoms with van der Waals surface area (Å²) in [5, 5.41) is 4.13. The van der Waals surface area contributed by atoms with Gasteiger partial charge in [-0.05, 0) is 24.6 Å². The number of halogens is 2. The molecule has 4 nitrogen and oxygen atoms in total. The van der Waals surface area contributed by atoms with Gasteiger partial charge in [0.2, 0.25) is 0 Å². The van der Waals surface area contributed by atoms with Crippen molar-refractivity contribution in [3.8, 4) is 0 Å². The molecule has 1 aliphatic rings. The highest BCUT2D eigenvalue weighted by molar-refractivity contribution is 7.21. The molecule has 0 radical (unpaired) electrons. The van der Waals surface area contributed by atoms with Crippen molar-refractivity contribution in [1.29, 1.82) is 0 Å². The molecule has 23 heavy (non-hydrogen) atoms. The number of rotatable bonds is 2. The molecule has 0 aliphatic carbocycles. The standard InChI is InChI=1S/C16H13ClFN3OS/c17-14-11-3-1-9(18)7-12(11)23-15(14)16(22)20-10-2-4-13-19-5-6-21(13)8-10/h1,3,5-7,10H,2,4,8H2,(H,20,22)/t10-/m0/s1. The molecule has 2 aromatic heterocycles. The Morgan fingerprint density at radius 1 is 1.48 bits per heavy atom. The second-order valence-electron chi connectivity index (χ2n) is 5.59. The number of amides is 1. The van der Waals surface area contributed by atoms with Gasteiger partial charge in [-0.25, -0.2) is 9.37 Å². The summed E-state index contributed by atoms with van der Waals surface area (Å²) < 4.78 is 16.0. The summed E-state index contributed by atoms with van der Waals surface area (Å²) in [4.78, 5) is 17.2. The Kier molecular flexibility index (Phi) is 3.58. The lowest BCUT2D eigenvalue weighted by atomic mass is 10.1. The number of hydrogen-bond acceptors (Lipinski definition) is 3. The van der Waals surface area contributed by atoms with Gasteiger partial charge in [-0.1, -0.05) is 11.6 Å². The number of hydrogen-bond donors (Lipinski definition) is 1. The van der Waals surface area contributed by atoms with Crippen molar-refractivity contribution < 1.29 is 9.18 Å². The maximum absolute atomic E-state index is 13.3. The fraction of sp³-hybridized carbons (Fsp3) is 0.250. The minimum atomic E-state index is -0.331. The van der Waals surface area contributed by atoms with Crippen LogP contribution in [0.1, 0.15) is 21.9 Å². The van der Waals surface area contributed by atoms with Crippen molar-refractivity contribution in [3.05, 3.63) is 52.1 Å². The zero-order chi connectivity index (χ0) is 16.0. The van der Waals surface area contributed by atoms with E-state index in [-0.39, 0.29) is 17.8 Å². The Balaban J connectivity index is 1.57. The smallest absolute Gasteiger partial charge is 0.263 e. The SMILES string of the molecule is O=C(N[C@H]1CCc2nccn2C1)c1sc2cc(F)ccc2c1Cl. The number of benzene rings is 1. The van der Waals surface area contributed by atoms with Gasteiger partial charge < -0.3 is 9.88 Å². The van der Waals surface area contributed by atoms with Crippen molar-refractivity contribution in [2.24, 2.45) is 0 Å². The maximum Gasteiger partial charge on any atom is 0.263 e. The van der Waals surface area contributed by atoms with Crippen LogP contribution in [0.25, 0.3) is 10.1 Å². The second-order valence-corrected chi connectivity index (χ2v) is 7.02. The number of nitrogens with one attached hydrogen (secondary N) is 1. The summed E-state index contributed by atoms with van der Waals surface area (Å²) in [7, 11) is 0. The van der Waals surface area contributed by atoms with Crippen molar-refractivity contribution in [2.75, 3.05) is 0 Å². The molecule has 0 spiro atoms. The van der Waals surface area contributed by atoms with Gasteiger partial charge in [0, 0.05) is 41.5 Å². The summed E-state index contributed by atoms with van der Waals surface area (Å²) in [6.07, 6.45) is 5.38. The van der Waals surface area contributed by atoms with Crippen molar-refractivity contribution in [1.82, 2.24) is 14.9 Å². The highest BCUT2D eigenvalue weighted by Crippen LogP contribution is 2.35. The van der Waals surface area contributed by atoms with Gasteiger partial charge in [0.1, 0.15) is 16.5 Å². The number of thiophene rings is 1. The van der Waals surface area contributed by atoms with Crippen molar-refractivity contribution >= 4 is 38.9 Å². The van der Waals surface area contributed by atoms with E-state index in [4.69, 9.17) is 11.6 Å². The van der Waals surface area contributed by atoms with E-state index in [1.807, 2.05) is 6.20 Å². The second kappa shape index (κ2) is 5.62. The Hall–Kier alpha value is -1.92. The van der Waals surface area contributed by atoms with E-state index in [2.05, 4.69) is 14.9 Å². The third-order valence-corrected chi connectivity index (χ3v) is 5.72. The predicted octanol–water partition coefficient (Wildman–Crippen LogP) is 3.64. The lowest BCUT2D eigenvalue weighted by Gasteiger charge is -2.24. The molecule has 1 N–H and O–H groups in total. The average Bonchev–Trinajstić information content (AvgIpc) is 3.11. The number of nitrogens with zero attached hydrogens (tertiary/aromatic N) is 2. The van der Waals surface area contributed by atoms with Gasteiger partial charge in [0.15, 0.2) is 0 Å². The fourth-order valence-electron chi connectivity index (χ4n) is 2.92. The lowest BCUT2D eigenvalue weighted by molar-refractivity contribution is 0.0932. The molecule has 7 heteroatoms.